The van der Waals surface area contributed by atoms with E-state index in [1.165, 1.54) is 30.5 Å². The second kappa shape index (κ2) is 5.24. The molecule has 0 aliphatic heterocycles. The number of rotatable bonds is 3. The quantitative estimate of drug-likeness (QED) is 0.878. The second-order valence-corrected chi connectivity index (χ2v) is 4.28. The van der Waals surface area contributed by atoms with Crippen LogP contribution in [-0.2, 0) is 4.79 Å². The summed E-state index contributed by atoms with van der Waals surface area (Å²) >= 11 is 5.86. The number of fused-ring (bicyclic) bond motifs is 1. The lowest BCUT2D eigenvalue weighted by molar-refractivity contribution is -0.163. The molecule has 0 spiro atoms. The van der Waals surface area contributed by atoms with Gasteiger partial charge < -0.3 is 5.32 Å². The van der Waals surface area contributed by atoms with E-state index in [1.54, 1.807) is 5.32 Å². The van der Waals surface area contributed by atoms with Gasteiger partial charge in [0.1, 0.15) is 0 Å². The van der Waals surface area contributed by atoms with E-state index in [0.717, 1.165) is 0 Å². The summed E-state index contributed by atoms with van der Waals surface area (Å²) in [5, 5.41) is 2.29. The summed E-state index contributed by atoms with van der Waals surface area (Å²) in [4.78, 5) is 15.1. The normalized spacial score (nSPS) is 11.9. The van der Waals surface area contributed by atoms with Crippen molar-refractivity contribution in [3.8, 4) is 0 Å². The Balaban J connectivity index is 2.41. The predicted octanol–water partition coefficient (Wildman–Crippen LogP) is 3.73. The summed E-state index contributed by atoms with van der Waals surface area (Å²) in [5.74, 6) is -6.85. The Hall–Kier alpha value is -1.89. The molecule has 1 aromatic carbocycles. The van der Waals surface area contributed by atoms with Crippen molar-refractivity contribution in [2.24, 2.45) is 0 Å². The molecular weight excluding hydrogens is 300 g/mol. The van der Waals surface area contributed by atoms with Gasteiger partial charge in [0, 0.05) is 11.6 Å². The minimum Gasteiger partial charge on any atom is -0.320 e. The SMILES string of the molecule is O=C(Nc1ccc(Cl)c2ncccc12)C(F)(F)C(F)F. The molecule has 1 aromatic heterocycles. The molecule has 0 saturated carbocycles. The highest BCUT2D eigenvalue weighted by Crippen LogP contribution is 2.30. The van der Waals surface area contributed by atoms with E-state index in [-0.39, 0.29) is 21.6 Å². The molecule has 8 heteroatoms. The fraction of sp³-hybridized carbons (Fsp3) is 0.167. The molecule has 0 bridgehead atoms. The number of anilines is 1. The Labute approximate surface area is 115 Å². The highest BCUT2D eigenvalue weighted by atomic mass is 35.5. The largest absolute Gasteiger partial charge is 0.383 e. The third-order valence-corrected chi connectivity index (χ3v) is 2.85. The van der Waals surface area contributed by atoms with Crippen molar-refractivity contribution in [3.05, 3.63) is 35.5 Å². The maximum atomic E-state index is 12.9. The van der Waals surface area contributed by atoms with E-state index >= 15 is 0 Å². The monoisotopic (exact) mass is 306 g/mol. The summed E-state index contributed by atoms with van der Waals surface area (Å²) in [5.41, 5.74) is 0.204. The summed E-state index contributed by atoms with van der Waals surface area (Å²) in [6.07, 6.45) is -2.66. The number of nitrogens with zero attached hydrogens (tertiary/aromatic N) is 1. The third kappa shape index (κ3) is 2.53. The van der Waals surface area contributed by atoms with Crippen LogP contribution in [0.1, 0.15) is 0 Å². The lowest BCUT2D eigenvalue weighted by Gasteiger charge is -2.16. The van der Waals surface area contributed by atoms with Gasteiger partial charge in [0.25, 0.3) is 0 Å². The number of pyridine rings is 1. The number of nitrogens with one attached hydrogen (secondary N) is 1. The van der Waals surface area contributed by atoms with Gasteiger partial charge in [-0.3, -0.25) is 9.78 Å². The van der Waals surface area contributed by atoms with Gasteiger partial charge in [0.05, 0.1) is 16.2 Å². The second-order valence-electron chi connectivity index (χ2n) is 3.87. The Morgan fingerprint density at radius 1 is 1.30 bits per heavy atom. The van der Waals surface area contributed by atoms with Gasteiger partial charge in [-0.1, -0.05) is 11.6 Å². The first-order valence-corrected chi connectivity index (χ1v) is 5.72. The topological polar surface area (TPSA) is 42.0 Å². The van der Waals surface area contributed by atoms with E-state index in [0.29, 0.717) is 0 Å². The van der Waals surface area contributed by atoms with Gasteiger partial charge in [-0.2, -0.15) is 8.78 Å². The highest BCUT2D eigenvalue weighted by Gasteiger charge is 2.49. The lowest BCUT2D eigenvalue weighted by atomic mass is 10.1. The zero-order valence-corrected chi connectivity index (χ0v) is 10.5. The van der Waals surface area contributed by atoms with E-state index in [2.05, 4.69) is 4.98 Å². The van der Waals surface area contributed by atoms with Crippen LogP contribution in [0.3, 0.4) is 0 Å². The van der Waals surface area contributed by atoms with E-state index in [1.807, 2.05) is 0 Å². The number of benzene rings is 1. The molecule has 0 fully saturated rings. The van der Waals surface area contributed by atoms with Crippen LogP contribution >= 0.6 is 11.6 Å². The molecule has 0 radical (unpaired) electrons. The zero-order valence-electron chi connectivity index (χ0n) is 9.71. The summed E-state index contributed by atoms with van der Waals surface area (Å²) < 4.78 is 50.0. The van der Waals surface area contributed by atoms with Crippen LogP contribution in [0.25, 0.3) is 10.9 Å². The number of alkyl halides is 4. The van der Waals surface area contributed by atoms with Gasteiger partial charge in [0.15, 0.2) is 0 Å². The van der Waals surface area contributed by atoms with Crippen LogP contribution in [0.15, 0.2) is 30.5 Å². The number of carbonyl (C=O) groups excluding carboxylic acids is 1. The number of carbonyl (C=O) groups is 1. The molecule has 1 N–H and O–H groups in total. The van der Waals surface area contributed by atoms with Crippen LogP contribution in [0.5, 0.6) is 0 Å². The molecule has 0 atom stereocenters. The molecule has 106 valence electrons. The molecule has 3 nitrogen and oxygen atoms in total. The predicted molar refractivity (Wildman–Crippen MR) is 66.3 cm³/mol. The molecule has 0 saturated heterocycles. The molecule has 2 rings (SSSR count). The first-order chi connectivity index (χ1) is 9.34. The van der Waals surface area contributed by atoms with Crippen LogP contribution < -0.4 is 5.32 Å². The Bertz CT molecular complexity index is 663. The Morgan fingerprint density at radius 2 is 2.00 bits per heavy atom. The first-order valence-electron chi connectivity index (χ1n) is 5.34. The fourth-order valence-electron chi connectivity index (χ4n) is 1.55. The van der Waals surface area contributed by atoms with Crippen molar-refractivity contribution in [2.45, 2.75) is 12.3 Å². The molecular formula is C12H7ClF4N2O. The van der Waals surface area contributed by atoms with Gasteiger partial charge in [-0.25, -0.2) is 8.78 Å². The van der Waals surface area contributed by atoms with Gasteiger partial charge in [-0.15, -0.1) is 0 Å². The maximum absolute atomic E-state index is 12.9. The van der Waals surface area contributed by atoms with Gasteiger partial charge in [-0.05, 0) is 24.3 Å². The van der Waals surface area contributed by atoms with E-state index in [9.17, 15) is 22.4 Å². The van der Waals surface area contributed by atoms with Crippen molar-refractivity contribution in [1.29, 1.82) is 0 Å². The molecule has 0 aliphatic rings. The number of amides is 1. The van der Waals surface area contributed by atoms with Crippen LogP contribution in [0.4, 0.5) is 23.2 Å². The van der Waals surface area contributed by atoms with Crippen molar-refractivity contribution < 1.29 is 22.4 Å². The average molecular weight is 307 g/mol. The third-order valence-electron chi connectivity index (χ3n) is 2.55. The molecule has 20 heavy (non-hydrogen) atoms. The summed E-state index contributed by atoms with van der Waals surface area (Å²) in [6.45, 7) is 0. The number of aromatic nitrogens is 1. The van der Waals surface area contributed by atoms with Crippen molar-refractivity contribution in [3.63, 3.8) is 0 Å². The summed E-state index contributed by atoms with van der Waals surface area (Å²) in [7, 11) is 0. The molecule has 1 heterocycles. The van der Waals surface area contributed by atoms with Crippen molar-refractivity contribution >= 4 is 34.1 Å². The maximum Gasteiger partial charge on any atom is 0.383 e. The molecule has 2 aromatic rings. The van der Waals surface area contributed by atoms with Crippen molar-refractivity contribution in [1.82, 2.24) is 4.98 Å². The van der Waals surface area contributed by atoms with Gasteiger partial charge >= 0.3 is 18.3 Å². The summed E-state index contributed by atoms with van der Waals surface area (Å²) in [6, 6.07) is 5.54. The minimum absolute atomic E-state index is 0.0668. The smallest absolute Gasteiger partial charge is 0.320 e. The van der Waals surface area contributed by atoms with Gasteiger partial charge in [0.2, 0.25) is 0 Å². The lowest BCUT2D eigenvalue weighted by Crippen LogP contribution is -2.41. The molecule has 0 unspecified atom stereocenters. The Morgan fingerprint density at radius 3 is 2.65 bits per heavy atom. The number of halogens is 5. The van der Waals surface area contributed by atoms with Crippen LogP contribution in [0, 0.1) is 0 Å². The van der Waals surface area contributed by atoms with Crippen molar-refractivity contribution in [2.75, 3.05) is 5.32 Å². The molecule has 1 amide bonds. The van der Waals surface area contributed by atoms with Crippen LogP contribution in [0.2, 0.25) is 5.02 Å². The fourth-order valence-corrected chi connectivity index (χ4v) is 1.77. The first kappa shape index (κ1) is 14.5. The molecule has 0 aliphatic carbocycles. The van der Waals surface area contributed by atoms with E-state index in [4.69, 9.17) is 11.6 Å². The zero-order chi connectivity index (χ0) is 14.9. The minimum atomic E-state index is -4.77. The van der Waals surface area contributed by atoms with Crippen LogP contribution in [-0.4, -0.2) is 23.2 Å². The number of hydrogen-bond donors (Lipinski definition) is 1. The standard InChI is InChI=1S/C12H7ClF4N2O/c13-7-3-4-8(6-2-1-5-18-9(6)7)19-11(20)12(16,17)10(14)15/h1-5,10H,(H,19,20). The average Bonchev–Trinajstić information content (AvgIpc) is 2.42. The Kier molecular flexibility index (Phi) is 3.80. The number of hydrogen-bond acceptors (Lipinski definition) is 2. The van der Waals surface area contributed by atoms with E-state index < -0.39 is 18.3 Å². The highest BCUT2D eigenvalue weighted by molar-refractivity contribution is 6.35.